The summed E-state index contributed by atoms with van der Waals surface area (Å²) in [7, 11) is -2.07. The van der Waals surface area contributed by atoms with E-state index in [1.807, 2.05) is 24.3 Å². The fourth-order valence-corrected chi connectivity index (χ4v) is 3.62. The average Bonchev–Trinajstić information content (AvgIpc) is 2.67. The Morgan fingerprint density at radius 3 is 2.57 bits per heavy atom. The number of carbonyl (C=O) groups is 1. The second kappa shape index (κ2) is 8.07. The zero-order chi connectivity index (χ0) is 20.3. The number of hydrogen-bond acceptors (Lipinski definition) is 5. The van der Waals surface area contributed by atoms with E-state index < -0.39 is 10.0 Å². The predicted octanol–water partition coefficient (Wildman–Crippen LogP) is 2.09. The van der Waals surface area contributed by atoms with Crippen LogP contribution in [0.3, 0.4) is 0 Å². The number of anilines is 2. The topological polar surface area (TPSA) is 105 Å². The molecule has 2 aromatic carbocycles. The van der Waals surface area contributed by atoms with Crippen LogP contribution in [0.1, 0.15) is 6.92 Å². The van der Waals surface area contributed by atoms with E-state index in [0.29, 0.717) is 18.8 Å². The van der Waals surface area contributed by atoms with Gasteiger partial charge in [0.2, 0.25) is 10.0 Å². The number of hydrogen-bond donors (Lipinski definition) is 2. The van der Waals surface area contributed by atoms with Gasteiger partial charge in [0.1, 0.15) is 11.9 Å². The third-order valence-electron chi connectivity index (χ3n) is 4.56. The number of para-hydroxylation sites is 2. The SMILES string of the molecule is CCN1CC(CN(C)C(=O)Nc2ccc(S(N)(=O)=O)cc2)Oc2ccccc21. The fraction of sp³-hybridized carbons (Fsp3) is 0.316. The lowest BCUT2D eigenvalue weighted by Gasteiger charge is -2.37. The van der Waals surface area contributed by atoms with Gasteiger partial charge in [0.25, 0.3) is 0 Å². The van der Waals surface area contributed by atoms with Gasteiger partial charge >= 0.3 is 6.03 Å². The molecule has 1 atom stereocenters. The van der Waals surface area contributed by atoms with Crippen molar-refractivity contribution in [3.05, 3.63) is 48.5 Å². The lowest BCUT2D eigenvalue weighted by Crippen LogP contribution is -2.47. The summed E-state index contributed by atoms with van der Waals surface area (Å²) in [4.78, 5) is 16.2. The second-order valence-electron chi connectivity index (χ2n) is 6.63. The molecule has 1 aliphatic heterocycles. The molecule has 8 nitrogen and oxygen atoms in total. The molecule has 0 fully saturated rings. The van der Waals surface area contributed by atoms with E-state index in [4.69, 9.17) is 9.88 Å². The standard InChI is InChI=1S/C19H24N4O4S/c1-3-23-13-15(27-18-7-5-4-6-17(18)23)12-22(2)19(24)21-14-8-10-16(11-9-14)28(20,25)26/h4-11,15H,3,12-13H2,1-2H3,(H,21,24)(H2,20,25,26). The van der Waals surface area contributed by atoms with Crippen molar-refractivity contribution in [2.75, 3.05) is 36.9 Å². The van der Waals surface area contributed by atoms with Gasteiger partial charge in [0, 0.05) is 19.3 Å². The molecule has 3 rings (SSSR count). The first-order valence-corrected chi connectivity index (χ1v) is 10.5. The summed E-state index contributed by atoms with van der Waals surface area (Å²) in [6.07, 6.45) is -0.157. The van der Waals surface area contributed by atoms with E-state index in [-0.39, 0.29) is 17.0 Å². The Kier molecular flexibility index (Phi) is 5.76. The van der Waals surface area contributed by atoms with Crippen molar-refractivity contribution >= 4 is 27.4 Å². The van der Waals surface area contributed by atoms with Crippen LogP contribution in [0.2, 0.25) is 0 Å². The number of primary sulfonamides is 1. The van der Waals surface area contributed by atoms with Crippen molar-refractivity contribution in [2.45, 2.75) is 17.9 Å². The highest BCUT2D eigenvalue weighted by Gasteiger charge is 2.26. The Labute approximate surface area is 164 Å². The van der Waals surface area contributed by atoms with Gasteiger partial charge < -0.3 is 19.9 Å². The number of carbonyl (C=O) groups excluding carboxylic acids is 1. The number of nitrogens with zero attached hydrogens (tertiary/aromatic N) is 2. The van der Waals surface area contributed by atoms with Crippen LogP contribution in [0.25, 0.3) is 0 Å². The lowest BCUT2D eigenvalue weighted by atomic mass is 10.2. The number of ether oxygens (including phenoxy) is 1. The minimum Gasteiger partial charge on any atom is -0.485 e. The minimum atomic E-state index is -3.76. The van der Waals surface area contributed by atoms with E-state index in [1.54, 1.807) is 11.9 Å². The summed E-state index contributed by atoms with van der Waals surface area (Å²) >= 11 is 0. The average molecular weight is 404 g/mol. The number of urea groups is 1. The summed E-state index contributed by atoms with van der Waals surface area (Å²) in [5, 5.41) is 7.81. The van der Waals surface area contributed by atoms with Gasteiger partial charge in [-0.1, -0.05) is 12.1 Å². The molecule has 2 amide bonds. The number of rotatable bonds is 5. The minimum absolute atomic E-state index is 0.00668. The van der Waals surface area contributed by atoms with Crippen LogP contribution < -0.4 is 20.1 Å². The van der Waals surface area contributed by atoms with Crippen molar-refractivity contribution in [3.8, 4) is 5.75 Å². The number of benzene rings is 2. The number of fused-ring (bicyclic) bond motifs is 1. The number of likely N-dealkylation sites (N-methyl/N-ethyl adjacent to an activating group) is 2. The Hall–Kier alpha value is -2.78. The normalized spacial score (nSPS) is 16.1. The van der Waals surface area contributed by atoms with Gasteiger partial charge in [-0.15, -0.1) is 0 Å². The van der Waals surface area contributed by atoms with Crippen LogP contribution in [0, 0.1) is 0 Å². The van der Waals surface area contributed by atoms with Crippen LogP contribution in [0.15, 0.2) is 53.4 Å². The maximum absolute atomic E-state index is 12.5. The highest BCUT2D eigenvalue weighted by molar-refractivity contribution is 7.89. The van der Waals surface area contributed by atoms with Crippen molar-refractivity contribution in [3.63, 3.8) is 0 Å². The maximum atomic E-state index is 12.5. The second-order valence-corrected chi connectivity index (χ2v) is 8.19. The van der Waals surface area contributed by atoms with Crippen LogP contribution in [0.4, 0.5) is 16.2 Å². The van der Waals surface area contributed by atoms with E-state index in [2.05, 4.69) is 17.1 Å². The lowest BCUT2D eigenvalue weighted by molar-refractivity contribution is 0.150. The van der Waals surface area contributed by atoms with Crippen LogP contribution in [0.5, 0.6) is 5.75 Å². The Morgan fingerprint density at radius 1 is 1.25 bits per heavy atom. The van der Waals surface area contributed by atoms with E-state index in [0.717, 1.165) is 18.0 Å². The molecule has 0 aromatic heterocycles. The van der Waals surface area contributed by atoms with Gasteiger partial charge in [-0.2, -0.15) is 0 Å². The van der Waals surface area contributed by atoms with Crippen LogP contribution in [-0.2, 0) is 10.0 Å². The zero-order valence-corrected chi connectivity index (χ0v) is 16.6. The number of nitrogens with one attached hydrogen (secondary N) is 1. The van der Waals surface area contributed by atoms with Crippen molar-refractivity contribution in [1.29, 1.82) is 0 Å². The van der Waals surface area contributed by atoms with Gasteiger partial charge in [-0.05, 0) is 43.3 Å². The van der Waals surface area contributed by atoms with Crippen molar-refractivity contribution in [2.24, 2.45) is 5.14 Å². The number of sulfonamides is 1. The van der Waals surface area contributed by atoms with Gasteiger partial charge in [-0.3, -0.25) is 0 Å². The van der Waals surface area contributed by atoms with Gasteiger partial charge in [0.15, 0.2) is 0 Å². The first-order chi connectivity index (χ1) is 13.3. The monoisotopic (exact) mass is 404 g/mol. The largest absolute Gasteiger partial charge is 0.485 e. The molecule has 9 heteroatoms. The van der Waals surface area contributed by atoms with E-state index >= 15 is 0 Å². The molecular formula is C19H24N4O4S. The molecule has 2 aromatic rings. The fourth-order valence-electron chi connectivity index (χ4n) is 3.11. The molecule has 1 heterocycles. The Bertz CT molecular complexity index is 947. The summed E-state index contributed by atoms with van der Waals surface area (Å²) < 4.78 is 28.6. The first-order valence-electron chi connectivity index (χ1n) is 8.93. The predicted molar refractivity (Wildman–Crippen MR) is 108 cm³/mol. The van der Waals surface area contributed by atoms with Gasteiger partial charge in [0.05, 0.1) is 23.7 Å². The van der Waals surface area contributed by atoms with Gasteiger partial charge in [-0.25, -0.2) is 18.4 Å². The van der Waals surface area contributed by atoms with Crippen molar-refractivity contribution < 1.29 is 17.9 Å². The summed E-state index contributed by atoms with van der Waals surface area (Å²) in [6.45, 7) is 4.03. The number of amides is 2. The molecule has 150 valence electrons. The quantitative estimate of drug-likeness (QED) is 0.794. The first kappa shape index (κ1) is 20.0. The van der Waals surface area contributed by atoms with Crippen LogP contribution >= 0.6 is 0 Å². The molecule has 0 saturated heterocycles. The third-order valence-corrected chi connectivity index (χ3v) is 5.49. The molecule has 0 saturated carbocycles. The maximum Gasteiger partial charge on any atom is 0.321 e. The Balaban J connectivity index is 1.61. The Morgan fingerprint density at radius 2 is 1.93 bits per heavy atom. The molecule has 0 aliphatic carbocycles. The zero-order valence-electron chi connectivity index (χ0n) is 15.8. The molecule has 3 N–H and O–H groups in total. The van der Waals surface area contributed by atoms with Crippen LogP contribution in [-0.4, -0.2) is 52.1 Å². The summed E-state index contributed by atoms with van der Waals surface area (Å²) in [5.41, 5.74) is 1.54. The highest BCUT2D eigenvalue weighted by atomic mass is 32.2. The summed E-state index contributed by atoms with van der Waals surface area (Å²) in [5.74, 6) is 0.813. The molecule has 1 aliphatic rings. The smallest absolute Gasteiger partial charge is 0.321 e. The summed E-state index contributed by atoms with van der Waals surface area (Å²) in [6, 6.07) is 13.2. The molecule has 28 heavy (non-hydrogen) atoms. The number of nitrogens with two attached hydrogens (primary N) is 1. The third kappa shape index (κ3) is 4.55. The van der Waals surface area contributed by atoms with E-state index in [1.165, 1.54) is 24.3 Å². The van der Waals surface area contributed by atoms with Crippen molar-refractivity contribution in [1.82, 2.24) is 4.90 Å². The molecule has 0 spiro atoms. The highest BCUT2D eigenvalue weighted by Crippen LogP contribution is 2.32. The molecular weight excluding hydrogens is 380 g/mol. The molecule has 1 unspecified atom stereocenters. The molecule has 0 bridgehead atoms. The molecule has 0 radical (unpaired) electrons. The van der Waals surface area contributed by atoms with E-state index in [9.17, 15) is 13.2 Å².